The van der Waals surface area contributed by atoms with Crippen molar-refractivity contribution in [2.75, 3.05) is 0 Å². The minimum atomic E-state index is -0.720. The van der Waals surface area contributed by atoms with Gasteiger partial charge in [-0.25, -0.2) is 0 Å². The third-order valence-electron chi connectivity index (χ3n) is 5.54. The maximum absolute atomic E-state index is 12.1. The molecule has 0 heterocycles. The monoisotopic (exact) mass is 388 g/mol. The average molecular weight is 388 g/mol. The molecule has 0 aliphatic heterocycles. The zero-order valence-corrected chi connectivity index (χ0v) is 17.0. The van der Waals surface area contributed by atoms with Crippen LogP contribution in [0, 0.1) is 6.92 Å². The number of aromatic hydroxyl groups is 2. The van der Waals surface area contributed by atoms with Gasteiger partial charge >= 0.3 is 0 Å². The normalized spacial score (nSPS) is 13.0. The van der Waals surface area contributed by atoms with Crippen LogP contribution in [0.5, 0.6) is 11.5 Å². The quantitative estimate of drug-likeness (QED) is 0.467. The number of phenols is 2. The van der Waals surface area contributed by atoms with Crippen LogP contribution in [0.15, 0.2) is 60.7 Å². The smallest absolute Gasteiger partial charge is 0.159 e. The highest BCUT2D eigenvalue weighted by Gasteiger charge is 2.33. The molecule has 0 amide bonds. The summed E-state index contributed by atoms with van der Waals surface area (Å²) < 4.78 is 0. The highest BCUT2D eigenvalue weighted by Crippen LogP contribution is 2.41. The van der Waals surface area contributed by atoms with Crippen LogP contribution >= 0.6 is 0 Å². The van der Waals surface area contributed by atoms with Gasteiger partial charge in [-0.2, -0.15) is 0 Å². The molecule has 1 atom stereocenters. The Hall–Kier alpha value is -3.40. The SMILES string of the molecule is CC(=O)c1cc(C(C)=O)cc([C@](C)(c2ccc(O)cc2)c2ccc(O)c(C)c2)c1. The highest BCUT2D eigenvalue weighted by molar-refractivity contribution is 6.00. The Balaban J connectivity index is 2.37. The van der Waals surface area contributed by atoms with Crippen molar-refractivity contribution < 1.29 is 19.8 Å². The zero-order valence-electron chi connectivity index (χ0n) is 17.0. The van der Waals surface area contributed by atoms with Gasteiger partial charge in [0.2, 0.25) is 0 Å². The first-order valence-corrected chi connectivity index (χ1v) is 9.40. The van der Waals surface area contributed by atoms with E-state index in [1.165, 1.54) is 13.8 Å². The molecule has 0 radical (unpaired) electrons. The molecule has 0 fully saturated rings. The summed E-state index contributed by atoms with van der Waals surface area (Å²) in [5, 5.41) is 19.8. The molecule has 2 N–H and O–H groups in total. The fourth-order valence-electron chi connectivity index (χ4n) is 3.58. The summed E-state index contributed by atoms with van der Waals surface area (Å²) in [7, 11) is 0. The number of aryl methyl sites for hydroxylation is 1. The number of phenolic OH excluding ortho intramolecular Hbond substituents is 2. The van der Waals surface area contributed by atoms with Crippen molar-refractivity contribution in [2.24, 2.45) is 0 Å². The molecule has 0 aliphatic rings. The Labute approximate surface area is 170 Å². The largest absolute Gasteiger partial charge is 0.508 e. The third kappa shape index (κ3) is 3.79. The predicted octanol–water partition coefficient (Wildman–Crippen LogP) is 5.17. The molecule has 3 aromatic rings. The van der Waals surface area contributed by atoms with Gasteiger partial charge in [0.15, 0.2) is 11.6 Å². The summed E-state index contributed by atoms with van der Waals surface area (Å²) in [6, 6.07) is 17.5. The Morgan fingerprint density at radius 2 is 1.24 bits per heavy atom. The maximum atomic E-state index is 12.1. The zero-order chi connectivity index (χ0) is 21.3. The van der Waals surface area contributed by atoms with E-state index in [2.05, 4.69) is 0 Å². The third-order valence-corrected chi connectivity index (χ3v) is 5.54. The summed E-state index contributed by atoms with van der Waals surface area (Å²) in [6.07, 6.45) is 0. The molecule has 0 bridgehead atoms. The van der Waals surface area contributed by atoms with Gasteiger partial charge in [-0.1, -0.05) is 24.3 Å². The fraction of sp³-hybridized carbons (Fsp3) is 0.200. The van der Waals surface area contributed by atoms with E-state index in [1.54, 1.807) is 24.3 Å². The van der Waals surface area contributed by atoms with Gasteiger partial charge in [0.25, 0.3) is 0 Å². The standard InChI is InChI=1S/C25H24O4/c1-15-11-21(7-10-24(15)29)25(4,20-5-8-23(28)9-6-20)22-13-18(16(2)26)12-19(14-22)17(3)27/h5-14,28-29H,1-4H3/t25-/m1/s1. The van der Waals surface area contributed by atoms with Crippen LogP contribution in [0.4, 0.5) is 0 Å². The van der Waals surface area contributed by atoms with Gasteiger partial charge in [0, 0.05) is 16.5 Å². The molecular formula is C25H24O4. The van der Waals surface area contributed by atoms with Gasteiger partial charge < -0.3 is 10.2 Å². The lowest BCUT2D eigenvalue weighted by molar-refractivity contribution is 0.101. The van der Waals surface area contributed by atoms with Crippen molar-refractivity contribution in [2.45, 2.75) is 33.1 Å². The van der Waals surface area contributed by atoms with Crippen molar-refractivity contribution >= 4 is 11.6 Å². The van der Waals surface area contributed by atoms with Crippen molar-refractivity contribution in [1.29, 1.82) is 0 Å². The predicted molar refractivity (Wildman–Crippen MR) is 113 cm³/mol. The first-order chi connectivity index (χ1) is 13.6. The molecule has 3 aromatic carbocycles. The van der Waals surface area contributed by atoms with E-state index in [9.17, 15) is 19.8 Å². The number of hydrogen-bond donors (Lipinski definition) is 2. The van der Waals surface area contributed by atoms with Gasteiger partial charge in [-0.05, 0) is 86.3 Å². The van der Waals surface area contributed by atoms with E-state index in [0.29, 0.717) is 11.1 Å². The summed E-state index contributed by atoms with van der Waals surface area (Å²) in [5.41, 5.74) is 3.50. The molecule has 0 saturated heterocycles. The van der Waals surface area contributed by atoms with Crippen molar-refractivity contribution in [1.82, 2.24) is 0 Å². The second-order valence-corrected chi connectivity index (χ2v) is 7.58. The lowest BCUT2D eigenvalue weighted by Crippen LogP contribution is -2.26. The first-order valence-electron chi connectivity index (χ1n) is 9.40. The molecular weight excluding hydrogens is 364 g/mol. The van der Waals surface area contributed by atoms with E-state index in [4.69, 9.17) is 0 Å². The second-order valence-electron chi connectivity index (χ2n) is 7.58. The molecule has 29 heavy (non-hydrogen) atoms. The molecule has 4 heteroatoms. The van der Waals surface area contributed by atoms with Gasteiger partial charge in [0.1, 0.15) is 11.5 Å². The number of ketones is 2. The van der Waals surface area contributed by atoms with Crippen LogP contribution in [0.2, 0.25) is 0 Å². The highest BCUT2D eigenvalue weighted by atomic mass is 16.3. The topological polar surface area (TPSA) is 74.6 Å². The summed E-state index contributed by atoms with van der Waals surface area (Å²) in [4.78, 5) is 24.3. The minimum absolute atomic E-state index is 0.121. The van der Waals surface area contributed by atoms with Crippen LogP contribution in [0.1, 0.15) is 63.7 Å². The minimum Gasteiger partial charge on any atom is -0.508 e. The molecule has 0 saturated carbocycles. The lowest BCUT2D eigenvalue weighted by Gasteiger charge is -2.33. The summed E-state index contributed by atoms with van der Waals surface area (Å²) >= 11 is 0. The van der Waals surface area contributed by atoms with E-state index in [1.807, 2.05) is 50.2 Å². The van der Waals surface area contributed by atoms with Gasteiger partial charge in [0.05, 0.1) is 0 Å². The maximum Gasteiger partial charge on any atom is 0.159 e. The van der Waals surface area contributed by atoms with Crippen LogP contribution in [-0.2, 0) is 5.41 Å². The van der Waals surface area contributed by atoms with Crippen LogP contribution in [-0.4, -0.2) is 21.8 Å². The van der Waals surface area contributed by atoms with E-state index >= 15 is 0 Å². The van der Waals surface area contributed by atoms with Crippen LogP contribution in [0.25, 0.3) is 0 Å². The molecule has 3 rings (SSSR count). The van der Waals surface area contributed by atoms with Crippen molar-refractivity contribution in [3.8, 4) is 11.5 Å². The fourth-order valence-corrected chi connectivity index (χ4v) is 3.58. The molecule has 4 nitrogen and oxygen atoms in total. The van der Waals surface area contributed by atoms with E-state index in [-0.39, 0.29) is 23.1 Å². The number of hydrogen-bond acceptors (Lipinski definition) is 4. The first kappa shape index (κ1) is 20.3. The summed E-state index contributed by atoms with van der Waals surface area (Å²) in [6.45, 7) is 6.79. The van der Waals surface area contributed by atoms with Gasteiger partial charge in [-0.15, -0.1) is 0 Å². The number of Topliss-reactive ketones (excluding diaryl/α,β-unsaturated/α-hetero) is 2. The number of rotatable bonds is 5. The Morgan fingerprint density at radius 3 is 1.72 bits per heavy atom. The number of benzene rings is 3. The molecule has 148 valence electrons. The molecule has 0 aromatic heterocycles. The molecule has 0 aliphatic carbocycles. The average Bonchev–Trinajstić information content (AvgIpc) is 2.69. The van der Waals surface area contributed by atoms with Gasteiger partial charge in [-0.3, -0.25) is 9.59 Å². The molecule has 0 spiro atoms. The second kappa shape index (κ2) is 7.55. The number of carbonyl (C=O) groups is 2. The van der Waals surface area contributed by atoms with Crippen molar-refractivity contribution in [3.05, 3.63) is 94.0 Å². The Bertz CT molecular complexity index is 1060. The Kier molecular flexibility index (Phi) is 5.29. The van der Waals surface area contributed by atoms with Crippen LogP contribution < -0.4 is 0 Å². The van der Waals surface area contributed by atoms with Crippen LogP contribution in [0.3, 0.4) is 0 Å². The Morgan fingerprint density at radius 1 is 0.724 bits per heavy atom. The molecule has 0 unspecified atom stereocenters. The van der Waals surface area contributed by atoms with E-state index in [0.717, 1.165) is 22.3 Å². The van der Waals surface area contributed by atoms with Crippen molar-refractivity contribution in [3.63, 3.8) is 0 Å². The van der Waals surface area contributed by atoms with E-state index < -0.39 is 5.41 Å². The lowest BCUT2D eigenvalue weighted by atomic mass is 9.70. The summed E-state index contributed by atoms with van der Waals surface area (Å²) in [5.74, 6) is 0.109. The number of carbonyl (C=O) groups excluding carboxylic acids is 2.